The second-order valence-corrected chi connectivity index (χ2v) is 6.22. The maximum absolute atomic E-state index is 5.61. The van der Waals surface area contributed by atoms with E-state index in [0.717, 1.165) is 31.2 Å². The van der Waals surface area contributed by atoms with Crippen LogP contribution in [0.3, 0.4) is 0 Å². The smallest absolute Gasteiger partial charge is 0.122 e. The van der Waals surface area contributed by atoms with Crippen molar-refractivity contribution in [2.75, 3.05) is 7.05 Å². The van der Waals surface area contributed by atoms with Gasteiger partial charge in [0.25, 0.3) is 0 Å². The molecule has 0 saturated heterocycles. The van der Waals surface area contributed by atoms with Gasteiger partial charge >= 0.3 is 0 Å². The largest absolute Gasteiger partial charge is 0.468 e. The van der Waals surface area contributed by atoms with E-state index in [1.165, 1.54) is 5.56 Å². The third kappa shape index (κ3) is 4.54. The van der Waals surface area contributed by atoms with Crippen molar-refractivity contribution in [1.29, 1.82) is 0 Å². The molecular formula is C16H24N2O2. The topological polar surface area (TPSA) is 41.6 Å². The van der Waals surface area contributed by atoms with Gasteiger partial charge in [-0.25, -0.2) is 0 Å². The van der Waals surface area contributed by atoms with Crippen LogP contribution in [0.1, 0.15) is 37.9 Å². The van der Waals surface area contributed by atoms with Crippen molar-refractivity contribution >= 4 is 0 Å². The second kappa shape index (κ2) is 6.29. The lowest BCUT2D eigenvalue weighted by Gasteiger charge is -2.21. The standard InChI is InChI=1S/C16H24N2O2/c1-16(2,3)17-10-13-7-9-20-15(13)12-18(4)11-14-6-5-8-19-14/h5-9,17H,10-12H2,1-4H3. The van der Waals surface area contributed by atoms with Crippen LogP contribution < -0.4 is 5.32 Å². The van der Waals surface area contributed by atoms with Crippen LogP contribution in [0.2, 0.25) is 0 Å². The summed E-state index contributed by atoms with van der Waals surface area (Å²) in [5, 5.41) is 3.49. The van der Waals surface area contributed by atoms with E-state index in [1.54, 1.807) is 12.5 Å². The third-order valence-corrected chi connectivity index (χ3v) is 3.07. The van der Waals surface area contributed by atoms with Crippen LogP contribution in [-0.2, 0) is 19.6 Å². The van der Waals surface area contributed by atoms with E-state index in [9.17, 15) is 0 Å². The highest BCUT2D eigenvalue weighted by Gasteiger charge is 2.14. The molecule has 110 valence electrons. The van der Waals surface area contributed by atoms with E-state index >= 15 is 0 Å². The van der Waals surface area contributed by atoms with Crippen LogP contribution in [0.25, 0.3) is 0 Å². The molecule has 0 aliphatic rings. The molecule has 2 aromatic rings. The minimum Gasteiger partial charge on any atom is -0.468 e. The Morgan fingerprint density at radius 2 is 1.90 bits per heavy atom. The zero-order chi connectivity index (χ0) is 14.6. The summed E-state index contributed by atoms with van der Waals surface area (Å²) in [7, 11) is 2.06. The lowest BCUT2D eigenvalue weighted by molar-refractivity contribution is 0.262. The van der Waals surface area contributed by atoms with Crippen LogP contribution in [-0.4, -0.2) is 17.5 Å². The van der Waals surface area contributed by atoms with Gasteiger partial charge < -0.3 is 14.2 Å². The van der Waals surface area contributed by atoms with E-state index in [2.05, 4.69) is 38.0 Å². The summed E-state index contributed by atoms with van der Waals surface area (Å²) in [5.41, 5.74) is 1.32. The molecule has 20 heavy (non-hydrogen) atoms. The summed E-state index contributed by atoms with van der Waals surface area (Å²) in [6.07, 6.45) is 3.46. The molecule has 0 spiro atoms. The van der Waals surface area contributed by atoms with Crippen molar-refractivity contribution in [3.8, 4) is 0 Å². The first-order valence-electron chi connectivity index (χ1n) is 6.95. The molecule has 0 fully saturated rings. The molecule has 2 heterocycles. The van der Waals surface area contributed by atoms with E-state index < -0.39 is 0 Å². The summed E-state index contributed by atoms with van der Waals surface area (Å²) in [6.45, 7) is 8.86. The number of hydrogen-bond donors (Lipinski definition) is 1. The minimum atomic E-state index is 0.106. The average molecular weight is 276 g/mol. The highest BCUT2D eigenvalue weighted by molar-refractivity contribution is 5.17. The van der Waals surface area contributed by atoms with Gasteiger partial charge in [-0.05, 0) is 46.0 Å². The molecule has 0 amide bonds. The fraction of sp³-hybridized carbons (Fsp3) is 0.500. The predicted octanol–water partition coefficient (Wildman–Crippen LogP) is 3.39. The lowest BCUT2D eigenvalue weighted by Crippen LogP contribution is -2.35. The summed E-state index contributed by atoms with van der Waals surface area (Å²) in [5.74, 6) is 1.98. The summed E-state index contributed by atoms with van der Waals surface area (Å²) >= 11 is 0. The zero-order valence-electron chi connectivity index (χ0n) is 12.8. The van der Waals surface area contributed by atoms with Gasteiger partial charge in [0.15, 0.2) is 0 Å². The van der Waals surface area contributed by atoms with Crippen molar-refractivity contribution in [2.45, 2.75) is 45.9 Å². The van der Waals surface area contributed by atoms with E-state index in [0.29, 0.717) is 0 Å². The number of rotatable bonds is 6. The molecule has 1 N–H and O–H groups in total. The van der Waals surface area contributed by atoms with Crippen LogP contribution in [0.4, 0.5) is 0 Å². The maximum Gasteiger partial charge on any atom is 0.122 e. The molecule has 2 rings (SSSR count). The van der Waals surface area contributed by atoms with Crippen LogP contribution in [0, 0.1) is 0 Å². The minimum absolute atomic E-state index is 0.106. The second-order valence-electron chi connectivity index (χ2n) is 6.22. The van der Waals surface area contributed by atoms with Crippen molar-refractivity contribution in [3.05, 3.63) is 47.8 Å². The van der Waals surface area contributed by atoms with Crippen molar-refractivity contribution in [1.82, 2.24) is 10.2 Å². The van der Waals surface area contributed by atoms with Gasteiger partial charge in [0.05, 0.1) is 25.6 Å². The summed E-state index contributed by atoms with van der Waals surface area (Å²) in [4.78, 5) is 2.18. The Kier molecular flexibility index (Phi) is 4.68. The Bertz CT molecular complexity index is 509. The highest BCUT2D eigenvalue weighted by Crippen LogP contribution is 2.15. The molecule has 0 unspecified atom stereocenters. The van der Waals surface area contributed by atoms with Gasteiger partial charge in [-0.3, -0.25) is 4.90 Å². The average Bonchev–Trinajstić information content (AvgIpc) is 2.97. The lowest BCUT2D eigenvalue weighted by atomic mass is 10.1. The fourth-order valence-corrected chi connectivity index (χ4v) is 1.99. The van der Waals surface area contributed by atoms with Gasteiger partial charge in [0, 0.05) is 17.6 Å². The molecule has 0 aliphatic heterocycles. The fourth-order valence-electron chi connectivity index (χ4n) is 1.99. The molecule has 4 heteroatoms. The molecule has 4 nitrogen and oxygen atoms in total. The molecule has 2 aromatic heterocycles. The SMILES string of the molecule is CN(Cc1ccco1)Cc1occc1CNC(C)(C)C. The quantitative estimate of drug-likeness (QED) is 0.878. The molecule has 0 atom stereocenters. The Morgan fingerprint density at radius 3 is 2.55 bits per heavy atom. The number of furan rings is 2. The normalized spacial score (nSPS) is 12.2. The van der Waals surface area contributed by atoms with Gasteiger partial charge in [0.2, 0.25) is 0 Å². The molecule has 0 radical (unpaired) electrons. The first-order valence-corrected chi connectivity index (χ1v) is 6.95. The van der Waals surface area contributed by atoms with Gasteiger partial charge in [-0.2, -0.15) is 0 Å². The predicted molar refractivity (Wildman–Crippen MR) is 79.2 cm³/mol. The Labute approximate surface area is 120 Å². The van der Waals surface area contributed by atoms with E-state index in [1.807, 2.05) is 18.2 Å². The highest BCUT2D eigenvalue weighted by atomic mass is 16.3. The Hall–Kier alpha value is -1.52. The van der Waals surface area contributed by atoms with Crippen LogP contribution >= 0.6 is 0 Å². The Balaban J connectivity index is 1.91. The molecule has 0 aromatic carbocycles. The summed E-state index contributed by atoms with van der Waals surface area (Å²) < 4.78 is 11.0. The Morgan fingerprint density at radius 1 is 1.10 bits per heavy atom. The third-order valence-electron chi connectivity index (χ3n) is 3.07. The van der Waals surface area contributed by atoms with Gasteiger partial charge in [0.1, 0.15) is 11.5 Å². The van der Waals surface area contributed by atoms with Gasteiger partial charge in [-0.1, -0.05) is 0 Å². The van der Waals surface area contributed by atoms with E-state index in [-0.39, 0.29) is 5.54 Å². The number of hydrogen-bond acceptors (Lipinski definition) is 4. The monoisotopic (exact) mass is 276 g/mol. The molecule has 0 aliphatic carbocycles. The van der Waals surface area contributed by atoms with Crippen molar-refractivity contribution in [3.63, 3.8) is 0 Å². The van der Waals surface area contributed by atoms with E-state index in [4.69, 9.17) is 8.83 Å². The van der Waals surface area contributed by atoms with Crippen molar-refractivity contribution < 1.29 is 8.83 Å². The molecule has 0 saturated carbocycles. The number of nitrogens with one attached hydrogen (secondary N) is 1. The van der Waals surface area contributed by atoms with Gasteiger partial charge in [-0.15, -0.1) is 0 Å². The van der Waals surface area contributed by atoms with Crippen LogP contribution in [0.15, 0.2) is 39.6 Å². The maximum atomic E-state index is 5.61. The van der Waals surface area contributed by atoms with Crippen molar-refractivity contribution in [2.24, 2.45) is 0 Å². The van der Waals surface area contributed by atoms with Crippen LogP contribution in [0.5, 0.6) is 0 Å². The first kappa shape index (κ1) is 14.9. The molecule has 0 bridgehead atoms. The number of nitrogens with zero attached hydrogens (tertiary/aromatic N) is 1. The summed E-state index contributed by atoms with van der Waals surface area (Å²) in [6, 6.07) is 5.93. The molecular weight excluding hydrogens is 252 g/mol. The zero-order valence-corrected chi connectivity index (χ0v) is 12.8. The first-order chi connectivity index (χ1) is 9.44.